The number of aryl methyl sites for hydroxylation is 1. The Morgan fingerprint density at radius 1 is 1.42 bits per heavy atom. The first-order valence-electron chi connectivity index (χ1n) is 4.28. The Hall–Kier alpha value is -1.24. The zero-order chi connectivity index (χ0) is 8.55. The molecular formula is C11H13N. The van der Waals surface area contributed by atoms with E-state index in [1.165, 1.54) is 16.3 Å². The highest BCUT2D eigenvalue weighted by Crippen LogP contribution is 1.92. The van der Waals surface area contributed by atoms with Crippen molar-refractivity contribution in [3.05, 3.63) is 34.5 Å². The minimum atomic E-state index is 1.04. The standard InChI is InChI=1S/C11H13N/c1-9-8-10-6-4-3-5-7-11(10)12(9)2/h3-4,6-8H,5H2,1-2H3. The van der Waals surface area contributed by atoms with Crippen molar-refractivity contribution in [3.63, 3.8) is 0 Å². The van der Waals surface area contributed by atoms with Crippen LogP contribution >= 0.6 is 0 Å². The zero-order valence-corrected chi connectivity index (χ0v) is 7.54. The molecule has 0 atom stereocenters. The lowest BCUT2D eigenvalue weighted by Gasteiger charge is -1.94. The Labute approximate surface area is 72.3 Å². The van der Waals surface area contributed by atoms with Crippen LogP contribution in [0, 0.1) is 6.92 Å². The summed E-state index contributed by atoms with van der Waals surface area (Å²) in [6.07, 6.45) is 9.78. The second kappa shape index (κ2) is 2.67. The van der Waals surface area contributed by atoms with E-state index in [0.29, 0.717) is 0 Å². The minimum Gasteiger partial charge on any atom is -0.348 e. The third kappa shape index (κ3) is 1.02. The first-order chi connectivity index (χ1) is 5.79. The molecule has 1 nitrogen and oxygen atoms in total. The van der Waals surface area contributed by atoms with Crippen LogP contribution in [-0.4, -0.2) is 4.57 Å². The van der Waals surface area contributed by atoms with Crippen molar-refractivity contribution in [2.24, 2.45) is 7.05 Å². The first-order valence-corrected chi connectivity index (χ1v) is 4.28. The summed E-state index contributed by atoms with van der Waals surface area (Å²) < 4.78 is 2.23. The number of hydrogen-bond donors (Lipinski definition) is 0. The molecule has 0 saturated carbocycles. The third-order valence-electron chi connectivity index (χ3n) is 2.41. The van der Waals surface area contributed by atoms with Crippen molar-refractivity contribution in [2.45, 2.75) is 13.3 Å². The Bertz CT molecular complexity index is 432. The fraction of sp³-hybridized carbons (Fsp3) is 0.273. The largest absolute Gasteiger partial charge is 0.348 e. The van der Waals surface area contributed by atoms with Crippen LogP contribution in [0.4, 0.5) is 0 Å². The van der Waals surface area contributed by atoms with E-state index in [9.17, 15) is 0 Å². The Kier molecular flexibility index (Phi) is 1.65. The summed E-state index contributed by atoms with van der Waals surface area (Å²) in [6.45, 7) is 2.14. The molecule has 1 aliphatic carbocycles. The van der Waals surface area contributed by atoms with E-state index in [1.807, 2.05) is 0 Å². The molecule has 1 aromatic heterocycles. The molecule has 0 aliphatic heterocycles. The van der Waals surface area contributed by atoms with E-state index in [2.05, 4.69) is 48.9 Å². The molecule has 1 aromatic rings. The normalized spacial score (nSPS) is 14.5. The molecule has 0 aromatic carbocycles. The van der Waals surface area contributed by atoms with Gasteiger partial charge in [0.1, 0.15) is 0 Å². The maximum Gasteiger partial charge on any atom is 0.0442 e. The molecule has 2 rings (SSSR count). The van der Waals surface area contributed by atoms with E-state index in [0.717, 1.165) is 6.42 Å². The molecular weight excluding hydrogens is 146 g/mol. The second-order valence-corrected chi connectivity index (χ2v) is 3.22. The van der Waals surface area contributed by atoms with E-state index in [1.54, 1.807) is 0 Å². The number of fused-ring (bicyclic) bond motifs is 1. The van der Waals surface area contributed by atoms with E-state index < -0.39 is 0 Å². The van der Waals surface area contributed by atoms with Crippen LogP contribution in [0.2, 0.25) is 0 Å². The number of rotatable bonds is 0. The van der Waals surface area contributed by atoms with Gasteiger partial charge < -0.3 is 4.57 Å². The average molecular weight is 159 g/mol. The number of hydrogen-bond acceptors (Lipinski definition) is 0. The van der Waals surface area contributed by atoms with Crippen LogP contribution in [0.15, 0.2) is 18.2 Å². The van der Waals surface area contributed by atoms with E-state index in [4.69, 9.17) is 0 Å². The zero-order valence-electron chi connectivity index (χ0n) is 7.54. The third-order valence-corrected chi connectivity index (χ3v) is 2.41. The van der Waals surface area contributed by atoms with Gasteiger partial charge >= 0.3 is 0 Å². The predicted octanol–water partition coefficient (Wildman–Crippen LogP) is 0.854. The summed E-state index contributed by atoms with van der Waals surface area (Å²) in [5.74, 6) is 0. The number of aromatic nitrogens is 1. The quantitative estimate of drug-likeness (QED) is 0.529. The second-order valence-electron chi connectivity index (χ2n) is 3.22. The summed E-state index contributed by atoms with van der Waals surface area (Å²) in [6, 6.07) is 2.22. The van der Waals surface area contributed by atoms with Crippen molar-refractivity contribution in [1.29, 1.82) is 0 Å². The van der Waals surface area contributed by atoms with Crippen molar-refractivity contribution in [2.75, 3.05) is 0 Å². The van der Waals surface area contributed by atoms with Crippen molar-refractivity contribution < 1.29 is 0 Å². The maximum atomic E-state index is 2.27. The van der Waals surface area contributed by atoms with Crippen molar-refractivity contribution in [3.8, 4) is 0 Å². The summed E-state index contributed by atoms with van der Waals surface area (Å²) in [5.41, 5.74) is 1.32. The fourth-order valence-electron chi connectivity index (χ4n) is 1.60. The molecule has 1 heterocycles. The molecule has 0 saturated heterocycles. The lowest BCUT2D eigenvalue weighted by molar-refractivity contribution is 0.847. The van der Waals surface area contributed by atoms with Crippen molar-refractivity contribution in [1.82, 2.24) is 4.57 Å². The molecule has 12 heavy (non-hydrogen) atoms. The molecule has 0 N–H and O–H groups in total. The number of nitrogens with zero attached hydrogens (tertiary/aromatic N) is 1. The van der Waals surface area contributed by atoms with E-state index in [-0.39, 0.29) is 0 Å². The monoisotopic (exact) mass is 159 g/mol. The smallest absolute Gasteiger partial charge is 0.0442 e. The molecule has 1 aliphatic rings. The van der Waals surface area contributed by atoms with Gasteiger partial charge in [-0.1, -0.05) is 24.3 Å². The average Bonchev–Trinajstić information content (AvgIpc) is 2.30. The van der Waals surface area contributed by atoms with Gasteiger partial charge in [0.15, 0.2) is 0 Å². The van der Waals surface area contributed by atoms with Gasteiger partial charge in [0.05, 0.1) is 0 Å². The van der Waals surface area contributed by atoms with Gasteiger partial charge in [-0.15, -0.1) is 0 Å². The van der Waals surface area contributed by atoms with Gasteiger partial charge in [-0.2, -0.15) is 0 Å². The number of allylic oxidation sites excluding steroid dienone is 2. The SMILES string of the molecule is Cc1cc2c(n1C)=CCC=CC=2. The molecule has 0 fully saturated rings. The molecule has 0 amide bonds. The lowest BCUT2D eigenvalue weighted by atomic mass is 10.3. The van der Waals surface area contributed by atoms with Crippen LogP contribution < -0.4 is 10.6 Å². The Morgan fingerprint density at radius 3 is 3.08 bits per heavy atom. The highest BCUT2D eigenvalue weighted by Gasteiger charge is 1.96. The minimum absolute atomic E-state index is 1.04. The summed E-state index contributed by atoms with van der Waals surface area (Å²) in [7, 11) is 2.11. The van der Waals surface area contributed by atoms with Crippen molar-refractivity contribution >= 4 is 12.2 Å². The van der Waals surface area contributed by atoms with E-state index >= 15 is 0 Å². The molecule has 1 heteroatoms. The molecule has 0 spiro atoms. The Morgan fingerprint density at radius 2 is 2.25 bits per heavy atom. The van der Waals surface area contributed by atoms with Gasteiger partial charge in [0, 0.05) is 18.1 Å². The van der Waals surface area contributed by atoms with Crippen LogP contribution in [-0.2, 0) is 7.05 Å². The van der Waals surface area contributed by atoms with Gasteiger partial charge in [-0.05, 0) is 24.6 Å². The lowest BCUT2D eigenvalue weighted by Crippen LogP contribution is -2.26. The van der Waals surface area contributed by atoms with Gasteiger partial charge in [-0.3, -0.25) is 0 Å². The molecule has 0 unspecified atom stereocenters. The van der Waals surface area contributed by atoms with Gasteiger partial charge in [0.25, 0.3) is 0 Å². The maximum absolute atomic E-state index is 2.27. The molecule has 0 radical (unpaired) electrons. The topological polar surface area (TPSA) is 4.93 Å². The first kappa shape index (κ1) is 7.41. The fourth-order valence-corrected chi connectivity index (χ4v) is 1.60. The van der Waals surface area contributed by atoms with Crippen LogP contribution in [0.25, 0.3) is 12.2 Å². The highest BCUT2D eigenvalue weighted by atomic mass is 14.9. The van der Waals surface area contributed by atoms with Crippen LogP contribution in [0.5, 0.6) is 0 Å². The van der Waals surface area contributed by atoms with Crippen LogP contribution in [0.3, 0.4) is 0 Å². The molecule has 62 valence electrons. The highest BCUT2D eigenvalue weighted by molar-refractivity contribution is 5.43. The Balaban J connectivity index is 2.86. The van der Waals surface area contributed by atoms with Gasteiger partial charge in [-0.25, -0.2) is 0 Å². The predicted molar refractivity (Wildman–Crippen MR) is 52.1 cm³/mol. The van der Waals surface area contributed by atoms with Crippen LogP contribution in [0.1, 0.15) is 12.1 Å². The summed E-state index contributed by atoms with van der Waals surface area (Å²) >= 11 is 0. The molecule has 0 bridgehead atoms. The summed E-state index contributed by atoms with van der Waals surface area (Å²) in [4.78, 5) is 0. The summed E-state index contributed by atoms with van der Waals surface area (Å²) in [5, 5.41) is 2.68. The van der Waals surface area contributed by atoms with Gasteiger partial charge in [0.2, 0.25) is 0 Å².